The zero-order valence-corrected chi connectivity index (χ0v) is 64.6. The number of rotatable bonds is 75. The van der Waals surface area contributed by atoms with Crippen LogP contribution in [0.5, 0.6) is 0 Å². The maximum Gasteiger partial charge on any atom is 0.472 e. The van der Waals surface area contributed by atoms with Gasteiger partial charge in [0.15, 0.2) is 12.2 Å². The van der Waals surface area contributed by atoms with E-state index in [0.29, 0.717) is 31.6 Å². The Kier molecular flexibility index (Phi) is 66.2. The normalized spacial score (nSPS) is 14.1. The molecule has 2 unspecified atom stereocenters. The fourth-order valence-corrected chi connectivity index (χ4v) is 13.4. The SMILES string of the molecule is CCCCCCCCCCCC(=O)OC[C@H](COP(=O)(O)OC[C@H](O)COP(=O)(O)OC[C@@H](COC(=O)CCCCCCCCCCCCCCCCCCC(C)C)OC(=O)CCCCCCCCCCCCCCCCCCC(C)C)OC(=O)CCCCCCCCC(C)C. The standard InChI is InChI=1S/C77H150O17P2/c1-8-9-10-11-12-29-36-44-51-58-74(79)87-65-73(94-77(82)61-54-47-40-39-43-50-57-70(6)7)67-92-96(85,86)90-63-71(78)62-89-95(83,84)91-66-72(93-76(81)60-53-46-38-33-28-24-20-16-14-18-22-26-31-35-42-49-56-69(4)5)64-88-75(80)59-52-45-37-32-27-23-19-15-13-17-21-25-30-34-41-48-55-68(2)3/h68-73,78H,8-67H2,1-7H3,(H,83,84)(H,85,86)/t71-,72-,73-/m1/s1. The van der Waals surface area contributed by atoms with Crippen LogP contribution in [0.25, 0.3) is 0 Å². The molecule has 0 saturated heterocycles. The average molecular weight is 1410 g/mol. The lowest BCUT2D eigenvalue weighted by atomic mass is 10.0. The van der Waals surface area contributed by atoms with Gasteiger partial charge in [-0.1, -0.05) is 344 Å². The minimum Gasteiger partial charge on any atom is -0.462 e. The van der Waals surface area contributed by atoms with Gasteiger partial charge in [0.1, 0.15) is 19.3 Å². The molecule has 19 heteroatoms. The van der Waals surface area contributed by atoms with Crippen molar-refractivity contribution in [2.75, 3.05) is 39.6 Å². The van der Waals surface area contributed by atoms with Gasteiger partial charge in [0, 0.05) is 25.7 Å². The highest BCUT2D eigenvalue weighted by Crippen LogP contribution is 2.45. The van der Waals surface area contributed by atoms with Crippen molar-refractivity contribution in [2.24, 2.45) is 17.8 Å². The predicted molar refractivity (Wildman–Crippen MR) is 391 cm³/mol. The van der Waals surface area contributed by atoms with Gasteiger partial charge in [-0.3, -0.25) is 37.3 Å². The highest BCUT2D eigenvalue weighted by Gasteiger charge is 2.30. The van der Waals surface area contributed by atoms with Gasteiger partial charge < -0.3 is 33.8 Å². The lowest BCUT2D eigenvalue weighted by molar-refractivity contribution is -0.161. The van der Waals surface area contributed by atoms with Crippen molar-refractivity contribution >= 4 is 39.5 Å². The van der Waals surface area contributed by atoms with E-state index in [1.165, 1.54) is 205 Å². The number of aliphatic hydroxyl groups excluding tert-OH is 1. The van der Waals surface area contributed by atoms with E-state index in [1.807, 2.05) is 0 Å². The number of ether oxygens (including phenoxy) is 4. The van der Waals surface area contributed by atoms with Gasteiger partial charge in [-0.25, -0.2) is 9.13 Å². The Labute approximate surface area is 588 Å². The molecule has 0 aliphatic carbocycles. The number of carbonyl (C=O) groups is 4. The molecule has 96 heavy (non-hydrogen) atoms. The second-order valence-corrected chi connectivity index (χ2v) is 32.1. The molecule has 0 aromatic heterocycles. The van der Waals surface area contributed by atoms with Gasteiger partial charge in [-0.2, -0.15) is 0 Å². The van der Waals surface area contributed by atoms with E-state index in [1.54, 1.807) is 0 Å². The molecule has 0 aliphatic rings. The van der Waals surface area contributed by atoms with E-state index >= 15 is 0 Å². The molecule has 0 bridgehead atoms. The predicted octanol–water partition coefficient (Wildman–Crippen LogP) is 22.6. The van der Waals surface area contributed by atoms with Crippen molar-refractivity contribution in [1.29, 1.82) is 0 Å². The largest absolute Gasteiger partial charge is 0.472 e. The van der Waals surface area contributed by atoms with Crippen molar-refractivity contribution in [3.05, 3.63) is 0 Å². The third kappa shape index (κ3) is 70.5. The van der Waals surface area contributed by atoms with Crippen LogP contribution in [-0.2, 0) is 65.4 Å². The Morgan fingerprint density at radius 2 is 0.479 bits per heavy atom. The van der Waals surface area contributed by atoms with Gasteiger partial charge in [0.2, 0.25) is 0 Å². The Morgan fingerprint density at radius 3 is 0.708 bits per heavy atom. The van der Waals surface area contributed by atoms with E-state index in [9.17, 15) is 43.2 Å². The topological polar surface area (TPSA) is 237 Å². The number of phosphoric acid groups is 2. The van der Waals surface area contributed by atoms with Crippen LogP contribution >= 0.6 is 15.6 Å². The fraction of sp³-hybridized carbons (Fsp3) is 0.948. The number of unbranched alkanes of at least 4 members (excludes halogenated alkanes) is 43. The molecule has 5 atom stereocenters. The van der Waals surface area contributed by atoms with E-state index in [-0.39, 0.29) is 25.7 Å². The quantitative estimate of drug-likeness (QED) is 0.0222. The first kappa shape index (κ1) is 94.1. The molecular weight excluding hydrogens is 1260 g/mol. The average Bonchev–Trinajstić information content (AvgIpc) is 1.10. The highest BCUT2D eigenvalue weighted by molar-refractivity contribution is 7.47. The van der Waals surface area contributed by atoms with Crippen LogP contribution in [0.2, 0.25) is 0 Å². The zero-order chi connectivity index (χ0) is 70.9. The smallest absolute Gasteiger partial charge is 0.462 e. The maximum absolute atomic E-state index is 13.1. The number of aliphatic hydroxyl groups is 1. The second-order valence-electron chi connectivity index (χ2n) is 29.2. The van der Waals surface area contributed by atoms with Gasteiger partial charge in [0.05, 0.1) is 26.4 Å². The molecular formula is C77H150O17P2. The van der Waals surface area contributed by atoms with Gasteiger partial charge in [-0.15, -0.1) is 0 Å². The number of phosphoric ester groups is 2. The first-order valence-corrected chi connectivity index (χ1v) is 42.8. The summed E-state index contributed by atoms with van der Waals surface area (Å²) < 4.78 is 68.4. The molecule has 0 aliphatic heterocycles. The highest BCUT2D eigenvalue weighted by atomic mass is 31.2. The minimum absolute atomic E-state index is 0.102. The summed E-state index contributed by atoms with van der Waals surface area (Å²) in [4.78, 5) is 72.7. The Bertz CT molecular complexity index is 1870. The lowest BCUT2D eigenvalue weighted by Gasteiger charge is -2.21. The number of carbonyl (C=O) groups excluding carboxylic acids is 4. The number of hydrogen-bond acceptors (Lipinski definition) is 15. The molecule has 3 N–H and O–H groups in total. The molecule has 0 heterocycles. The third-order valence-corrected chi connectivity index (χ3v) is 19.8. The molecule has 17 nitrogen and oxygen atoms in total. The minimum atomic E-state index is -4.96. The van der Waals surface area contributed by atoms with Crippen molar-refractivity contribution in [1.82, 2.24) is 0 Å². The molecule has 0 saturated carbocycles. The Hall–Kier alpha value is -1.94. The summed E-state index contributed by atoms with van der Waals surface area (Å²) in [6, 6.07) is 0. The van der Waals surface area contributed by atoms with E-state index < -0.39 is 97.5 Å². The summed E-state index contributed by atoms with van der Waals surface area (Å²) in [7, 11) is -9.91. The first-order valence-electron chi connectivity index (χ1n) is 39.8. The van der Waals surface area contributed by atoms with Crippen LogP contribution in [-0.4, -0.2) is 96.7 Å². The van der Waals surface area contributed by atoms with Crippen LogP contribution in [0, 0.1) is 17.8 Å². The molecule has 0 spiro atoms. The van der Waals surface area contributed by atoms with Crippen LogP contribution < -0.4 is 0 Å². The summed E-state index contributed by atoms with van der Waals surface area (Å²) in [6.45, 7) is 11.9. The molecule has 0 radical (unpaired) electrons. The van der Waals surface area contributed by atoms with Gasteiger partial charge in [0.25, 0.3) is 0 Å². The summed E-state index contributed by atoms with van der Waals surface area (Å²) in [5, 5.41) is 10.6. The fourth-order valence-electron chi connectivity index (χ4n) is 11.8. The van der Waals surface area contributed by atoms with Crippen molar-refractivity contribution in [3.8, 4) is 0 Å². The third-order valence-electron chi connectivity index (χ3n) is 17.9. The van der Waals surface area contributed by atoms with E-state index in [4.69, 9.17) is 37.0 Å². The van der Waals surface area contributed by atoms with Crippen molar-refractivity contribution in [2.45, 2.75) is 414 Å². The maximum atomic E-state index is 13.1. The Morgan fingerprint density at radius 1 is 0.281 bits per heavy atom. The van der Waals surface area contributed by atoms with Crippen molar-refractivity contribution < 1.29 is 80.2 Å². The zero-order valence-electron chi connectivity index (χ0n) is 62.8. The monoisotopic (exact) mass is 1410 g/mol. The summed E-state index contributed by atoms with van der Waals surface area (Å²) in [5.41, 5.74) is 0. The summed E-state index contributed by atoms with van der Waals surface area (Å²) in [6.07, 6.45) is 54.4. The van der Waals surface area contributed by atoms with Crippen LogP contribution in [0.15, 0.2) is 0 Å². The number of hydrogen-bond donors (Lipinski definition) is 3. The Balaban J connectivity index is 5.18. The second kappa shape index (κ2) is 67.5. The first-order chi connectivity index (χ1) is 46.2. The molecule has 0 fully saturated rings. The molecule has 0 aromatic carbocycles. The molecule has 0 rings (SSSR count). The summed E-state index contributed by atoms with van der Waals surface area (Å²) in [5.74, 6) is 0.169. The van der Waals surface area contributed by atoms with Crippen molar-refractivity contribution in [3.63, 3.8) is 0 Å². The van der Waals surface area contributed by atoms with Gasteiger partial charge in [-0.05, 0) is 43.4 Å². The lowest BCUT2D eigenvalue weighted by Crippen LogP contribution is -2.30. The summed E-state index contributed by atoms with van der Waals surface area (Å²) >= 11 is 0. The molecule has 0 aromatic rings. The molecule has 0 amide bonds. The van der Waals surface area contributed by atoms with Gasteiger partial charge >= 0.3 is 39.5 Å². The van der Waals surface area contributed by atoms with E-state index in [2.05, 4.69) is 48.5 Å². The van der Waals surface area contributed by atoms with Crippen LogP contribution in [0.1, 0.15) is 395 Å². The van der Waals surface area contributed by atoms with Crippen LogP contribution in [0.4, 0.5) is 0 Å². The van der Waals surface area contributed by atoms with Crippen LogP contribution in [0.3, 0.4) is 0 Å². The van der Waals surface area contributed by atoms with E-state index in [0.717, 1.165) is 102 Å². The molecule has 570 valence electrons. The number of esters is 4.